The van der Waals surface area contributed by atoms with Gasteiger partial charge in [0.25, 0.3) is 5.91 Å². The number of aryl methyl sites for hydroxylation is 2. The van der Waals surface area contributed by atoms with Crippen LogP contribution < -0.4 is 5.32 Å². The third-order valence-electron chi connectivity index (χ3n) is 3.45. The second-order valence-electron chi connectivity index (χ2n) is 5.15. The Morgan fingerprint density at radius 2 is 1.78 bits per heavy atom. The van der Waals surface area contributed by atoms with Gasteiger partial charge < -0.3 is 5.32 Å². The van der Waals surface area contributed by atoms with Crippen molar-refractivity contribution in [1.29, 1.82) is 0 Å². The molecule has 1 heterocycles. The quantitative estimate of drug-likeness (QED) is 0.570. The van der Waals surface area contributed by atoms with E-state index in [9.17, 15) is 4.79 Å². The van der Waals surface area contributed by atoms with Gasteiger partial charge in [0.15, 0.2) is 0 Å². The fourth-order valence-corrected chi connectivity index (χ4v) is 3.70. The van der Waals surface area contributed by atoms with Gasteiger partial charge in [0.1, 0.15) is 0 Å². The molecular formula is C18H15IN2OS. The number of rotatable bonds is 3. The largest absolute Gasteiger partial charge is 0.321 e. The highest BCUT2D eigenvalue weighted by Gasteiger charge is 2.11. The third kappa shape index (κ3) is 3.61. The number of nitrogens with one attached hydrogen (secondary N) is 1. The molecule has 3 nitrogen and oxygen atoms in total. The standard InChI is InChI=1S/C18H15IN2OS/c1-11-17(20-12(2)23-11)13-7-9-14(10-8-13)18(22)21-16-6-4-3-5-15(16)19/h3-10H,1-2H3,(H,21,22). The summed E-state index contributed by atoms with van der Waals surface area (Å²) in [5, 5.41) is 3.99. The Hall–Kier alpha value is -1.73. The van der Waals surface area contributed by atoms with Crippen LogP contribution in [-0.4, -0.2) is 10.9 Å². The van der Waals surface area contributed by atoms with Gasteiger partial charge >= 0.3 is 0 Å². The molecule has 23 heavy (non-hydrogen) atoms. The number of nitrogens with zero attached hydrogens (tertiary/aromatic N) is 1. The van der Waals surface area contributed by atoms with E-state index in [2.05, 4.69) is 39.8 Å². The fourth-order valence-electron chi connectivity index (χ4n) is 2.33. The first-order valence-electron chi connectivity index (χ1n) is 7.15. The van der Waals surface area contributed by atoms with Gasteiger partial charge in [0, 0.05) is 19.6 Å². The number of hydrogen-bond acceptors (Lipinski definition) is 3. The minimum absolute atomic E-state index is 0.105. The molecule has 0 unspecified atom stereocenters. The zero-order valence-electron chi connectivity index (χ0n) is 12.8. The summed E-state index contributed by atoms with van der Waals surface area (Å²) >= 11 is 3.90. The molecule has 0 aliphatic carbocycles. The molecule has 0 saturated heterocycles. The third-order valence-corrected chi connectivity index (χ3v) is 5.27. The lowest BCUT2D eigenvalue weighted by atomic mass is 10.1. The summed E-state index contributed by atoms with van der Waals surface area (Å²) in [6.45, 7) is 4.07. The Morgan fingerprint density at radius 3 is 2.39 bits per heavy atom. The molecule has 1 amide bonds. The van der Waals surface area contributed by atoms with E-state index in [1.807, 2.05) is 55.5 Å². The average Bonchev–Trinajstić information content (AvgIpc) is 2.88. The van der Waals surface area contributed by atoms with E-state index in [4.69, 9.17) is 0 Å². The van der Waals surface area contributed by atoms with Crippen LogP contribution in [0.4, 0.5) is 5.69 Å². The van der Waals surface area contributed by atoms with Crippen molar-refractivity contribution in [2.45, 2.75) is 13.8 Å². The number of para-hydroxylation sites is 1. The van der Waals surface area contributed by atoms with Crippen molar-refractivity contribution >= 4 is 45.5 Å². The van der Waals surface area contributed by atoms with Crippen molar-refractivity contribution < 1.29 is 4.79 Å². The molecule has 0 saturated carbocycles. The van der Waals surface area contributed by atoms with Crippen LogP contribution in [0, 0.1) is 17.4 Å². The molecule has 0 radical (unpaired) electrons. The molecule has 116 valence electrons. The molecule has 0 atom stereocenters. The normalized spacial score (nSPS) is 10.6. The second-order valence-corrected chi connectivity index (χ2v) is 7.72. The van der Waals surface area contributed by atoms with Crippen molar-refractivity contribution in [3.8, 4) is 11.3 Å². The minimum Gasteiger partial charge on any atom is -0.321 e. The van der Waals surface area contributed by atoms with Crippen molar-refractivity contribution in [3.63, 3.8) is 0 Å². The lowest BCUT2D eigenvalue weighted by molar-refractivity contribution is 0.102. The first-order valence-corrected chi connectivity index (χ1v) is 9.04. The lowest BCUT2D eigenvalue weighted by Gasteiger charge is -2.07. The molecule has 3 aromatic rings. The van der Waals surface area contributed by atoms with Crippen LogP contribution in [0.15, 0.2) is 48.5 Å². The molecule has 5 heteroatoms. The summed E-state index contributed by atoms with van der Waals surface area (Å²) in [6, 6.07) is 15.3. The van der Waals surface area contributed by atoms with Crippen LogP contribution in [0.3, 0.4) is 0 Å². The van der Waals surface area contributed by atoms with Crippen molar-refractivity contribution in [2.75, 3.05) is 5.32 Å². The average molecular weight is 434 g/mol. The van der Waals surface area contributed by atoms with E-state index in [1.165, 1.54) is 4.88 Å². The Labute approximate surface area is 152 Å². The molecule has 1 aromatic heterocycles. The van der Waals surface area contributed by atoms with Gasteiger partial charge in [-0.3, -0.25) is 4.79 Å². The molecule has 0 fully saturated rings. The first-order chi connectivity index (χ1) is 11.0. The van der Waals surface area contributed by atoms with E-state index in [0.717, 1.165) is 25.5 Å². The zero-order valence-corrected chi connectivity index (χ0v) is 15.7. The Bertz CT molecular complexity index is 856. The van der Waals surface area contributed by atoms with E-state index < -0.39 is 0 Å². The number of carbonyl (C=O) groups excluding carboxylic acids is 1. The monoisotopic (exact) mass is 434 g/mol. The number of thiazole rings is 1. The predicted octanol–water partition coefficient (Wildman–Crippen LogP) is 5.28. The van der Waals surface area contributed by atoms with Gasteiger partial charge in [-0.25, -0.2) is 4.98 Å². The maximum absolute atomic E-state index is 12.4. The van der Waals surface area contributed by atoms with Crippen LogP contribution in [0.2, 0.25) is 0 Å². The summed E-state index contributed by atoms with van der Waals surface area (Å²) in [4.78, 5) is 18.1. The fraction of sp³-hybridized carbons (Fsp3) is 0.111. The maximum atomic E-state index is 12.4. The predicted molar refractivity (Wildman–Crippen MR) is 104 cm³/mol. The van der Waals surface area contributed by atoms with E-state index >= 15 is 0 Å². The number of benzene rings is 2. The molecule has 0 aliphatic rings. The highest BCUT2D eigenvalue weighted by atomic mass is 127. The highest BCUT2D eigenvalue weighted by Crippen LogP contribution is 2.27. The maximum Gasteiger partial charge on any atom is 0.255 e. The van der Waals surface area contributed by atoms with Gasteiger partial charge in [-0.05, 0) is 60.7 Å². The minimum atomic E-state index is -0.105. The van der Waals surface area contributed by atoms with Gasteiger partial charge in [0.2, 0.25) is 0 Å². The zero-order chi connectivity index (χ0) is 16.4. The van der Waals surface area contributed by atoms with Crippen molar-refractivity contribution in [3.05, 3.63) is 67.5 Å². The number of amides is 1. The van der Waals surface area contributed by atoms with E-state index in [1.54, 1.807) is 11.3 Å². The summed E-state index contributed by atoms with van der Waals surface area (Å²) in [7, 11) is 0. The number of hydrogen-bond donors (Lipinski definition) is 1. The van der Waals surface area contributed by atoms with Crippen LogP contribution in [0.5, 0.6) is 0 Å². The van der Waals surface area contributed by atoms with Crippen molar-refractivity contribution in [2.24, 2.45) is 0 Å². The molecule has 0 aliphatic heterocycles. The summed E-state index contributed by atoms with van der Waals surface area (Å²) < 4.78 is 1.02. The van der Waals surface area contributed by atoms with Crippen LogP contribution in [0.1, 0.15) is 20.2 Å². The van der Waals surface area contributed by atoms with Crippen LogP contribution in [0.25, 0.3) is 11.3 Å². The molecular weight excluding hydrogens is 419 g/mol. The number of halogens is 1. The first kappa shape index (κ1) is 16.1. The van der Waals surface area contributed by atoms with Gasteiger partial charge in [-0.2, -0.15) is 0 Å². The highest BCUT2D eigenvalue weighted by molar-refractivity contribution is 14.1. The molecule has 0 spiro atoms. The Kier molecular flexibility index (Phi) is 4.77. The van der Waals surface area contributed by atoms with Gasteiger partial charge in [-0.1, -0.05) is 24.3 Å². The van der Waals surface area contributed by atoms with Crippen molar-refractivity contribution in [1.82, 2.24) is 4.98 Å². The summed E-state index contributed by atoms with van der Waals surface area (Å²) in [5.74, 6) is -0.105. The topological polar surface area (TPSA) is 42.0 Å². The molecule has 0 bridgehead atoms. The molecule has 2 aromatic carbocycles. The van der Waals surface area contributed by atoms with Crippen LogP contribution in [-0.2, 0) is 0 Å². The number of aromatic nitrogens is 1. The Balaban J connectivity index is 1.81. The van der Waals surface area contributed by atoms with E-state index in [-0.39, 0.29) is 5.91 Å². The second kappa shape index (κ2) is 6.80. The Morgan fingerprint density at radius 1 is 1.09 bits per heavy atom. The number of carbonyl (C=O) groups is 1. The lowest BCUT2D eigenvalue weighted by Crippen LogP contribution is -2.12. The molecule has 1 N–H and O–H groups in total. The summed E-state index contributed by atoms with van der Waals surface area (Å²) in [6.07, 6.45) is 0. The summed E-state index contributed by atoms with van der Waals surface area (Å²) in [5.41, 5.74) is 3.50. The number of anilines is 1. The molecule has 3 rings (SSSR count). The van der Waals surface area contributed by atoms with Gasteiger partial charge in [-0.15, -0.1) is 11.3 Å². The smallest absolute Gasteiger partial charge is 0.255 e. The van der Waals surface area contributed by atoms with Gasteiger partial charge in [0.05, 0.1) is 16.4 Å². The van der Waals surface area contributed by atoms with E-state index in [0.29, 0.717) is 5.56 Å². The SMILES string of the molecule is Cc1nc(-c2ccc(C(=O)Nc3ccccc3I)cc2)c(C)s1. The van der Waals surface area contributed by atoms with Crippen LogP contribution >= 0.6 is 33.9 Å².